The van der Waals surface area contributed by atoms with E-state index in [4.69, 9.17) is 16.3 Å². The van der Waals surface area contributed by atoms with Gasteiger partial charge in [0.05, 0.1) is 0 Å². The third-order valence-corrected chi connectivity index (χ3v) is 4.47. The van der Waals surface area contributed by atoms with E-state index in [1.807, 2.05) is 0 Å². The van der Waals surface area contributed by atoms with E-state index < -0.39 is 0 Å². The Morgan fingerprint density at radius 1 is 1.16 bits per heavy atom. The lowest BCUT2D eigenvalue weighted by Gasteiger charge is -2.31. The molecule has 1 saturated heterocycles. The quantitative estimate of drug-likeness (QED) is 0.851. The van der Waals surface area contributed by atoms with Gasteiger partial charge in [-0.15, -0.1) is 0 Å². The van der Waals surface area contributed by atoms with Gasteiger partial charge in [0.2, 0.25) is 0 Å². The van der Waals surface area contributed by atoms with Gasteiger partial charge in [-0.2, -0.15) is 0 Å². The monoisotopic (exact) mass is 360 g/mol. The van der Waals surface area contributed by atoms with Gasteiger partial charge in [0.15, 0.2) is 0 Å². The molecule has 2 amide bonds. The molecule has 0 aromatic heterocycles. The molecule has 0 spiro atoms. The van der Waals surface area contributed by atoms with Gasteiger partial charge in [-0.3, -0.25) is 0 Å². The average Bonchev–Trinajstić information content (AvgIpc) is 2.65. The topological polar surface area (TPSA) is 61.8 Å². The van der Waals surface area contributed by atoms with Gasteiger partial charge in [0, 0.05) is 30.4 Å². The van der Waals surface area contributed by atoms with Crippen molar-refractivity contribution in [3.8, 4) is 11.5 Å². The van der Waals surface area contributed by atoms with Crippen molar-refractivity contribution in [2.75, 3.05) is 25.0 Å². The molecule has 1 aliphatic heterocycles. The fraction of sp³-hybridized carbons (Fsp3) is 0.316. The smallest absolute Gasteiger partial charge is 0.321 e. The SMILES string of the molecule is O=C(Nc1ccc(Oc2ccc(Cl)cc2)cc1)N1CCC[C@@H](CO)C1. The molecule has 1 fully saturated rings. The fourth-order valence-corrected chi connectivity index (χ4v) is 2.97. The number of anilines is 1. The minimum absolute atomic E-state index is 0.126. The third-order valence-electron chi connectivity index (χ3n) is 4.22. The molecule has 2 aromatic carbocycles. The zero-order valence-electron chi connectivity index (χ0n) is 13.8. The highest BCUT2D eigenvalue weighted by Crippen LogP contribution is 2.25. The van der Waals surface area contributed by atoms with Gasteiger partial charge >= 0.3 is 6.03 Å². The van der Waals surface area contributed by atoms with Crippen LogP contribution in [0.15, 0.2) is 48.5 Å². The zero-order valence-corrected chi connectivity index (χ0v) is 14.6. The molecule has 0 bridgehead atoms. The highest BCUT2D eigenvalue weighted by molar-refractivity contribution is 6.30. The number of ether oxygens (including phenoxy) is 1. The van der Waals surface area contributed by atoms with Gasteiger partial charge in [-0.05, 0) is 67.3 Å². The molecule has 1 atom stereocenters. The lowest BCUT2D eigenvalue weighted by Crippen LogP contribution is -2.43. The Morgan fingerprint density at radius 2 is 1.80 bits per heavy atom. The molecule has 132 valence electrons. The van der Waals surface area contributed by atoms with Crippen LogP contribution in [0.25, 0.3) is 0 Å². The van der Waals surface area contributed by atoms with Crippen LogP contribution >= 0.6 is 11.6 Å². The number of nitrogens with one attached hydrogen (secondary N) is 1. The number of aliphatic hydroxyl groups excluding tert-OH is 1. The summed E-state index contributed by atoms with van der Waals surface area (Å²) in [6, 6.07) is 14.2. The predicted octanol–water partition coefficient (Wildman–Crippen LogP) is 4.37. The molecule has 0 radical (unpaired) electrons. The number of amides is 2. The maximum absolute atomic E-state index is 12.3. The lowest BCUT2D eigenvalue weighted by atomic mass is 9.99. The van der Waals surface area contributed by atoms with E-state index in [1.54, 1.807) is 53.4 Å². The summed E-state index contributed by atoms with van der Waals surface area (Å²) in [5.74, 6) is 1.55. The second-order valence-corrected chi connectivity index (χ2v) is 6.58. The lowest BCUT2D eigenvalue weighted by molar-refractivity contribution is 0.136. The minimum atomic E-state index is -0.135. The number of urea groups is 1. The Kier molecular flexibility index (Phi) is 5.79. The van der Waals surface area contributed by atoms with Crippen molar-refractivity contribution in [2.24, 2.45) is 5.92 Å². The van der Waals surface area contributed by atoms with Gasteiger partial charge in [-0.1, -0.05) is 11.6 Å². The summed E-state index contributed by atoms with van der Waals surface area (Å²) in [4.78, 5) is 14.1. The number of hydrogen-bond acceptors (Lipinski definition) is 3. The maximum atomic E-state index is 12.3. The van der Waals surface area contributed by atoms with Gasteiger partial charge in [-0.25, -0.2) is 4.79 Å². The van der Waals surface area contributed by atoms with Crippen LogP contribution in [0.5, 0.6) is 11.5 Å². The number of piperidine rings is 1. The summed E-state index contributed by atoms with van der Waals surface area (Å²) < 4.78 is 5.73. The highest BCUT2D eigenvalue weighted by Gasteiger charge is 2.23. The molecule has 0 saturated carbocycles. The summed E-state index contributed by atoms with van der Waals surface area (Å²) in [6.07, 6.45) is 1.89. The van der Waals surface area contributed by atoms with Crippen molar-refractivity contribution in [1.29, 1.82) is 0 Å². The molecule has 2 aromatic rings. The number of halogens is 1. The van der Waals surface area contributed by atoms with Crippen LogP contribution in [0.2, 0.25) is 5.02 Å². The second-order valence-electron chi connectivity index (χ2n) is 6.15. The molecule has 5 nitrogen and oxygen atoms in total. The average molecular weight is 361 g/mol. The van der Waals surface area contributed by atoms with E-state index in [0.717, 1.165) is 19.4 Å². The molecule has 25 heavy (non-hydrogen) atoms. The van der Waals surface area contributed by atoms with Gasteiger partial charge < -0.3 is 20.1 Å². The van der Waals surface area contributed by atoms with Crippen molar-refractivity contribution in [2.45, 2.75) is 12.8 Å². The number of rotatable bonds is 4. The number of nitrogens with zero attached hydrogens (tertiary/aromatic N) is 1. The van der Waals surface area contributed by atoms with Crippen LogP contribution in [0.3, 0.4) is 0 Å². The van der Waals surface area contributed by atoms with E-state index in [-0.39, 0.29) is 18.6 Å². The first-order chi connectivity index (χ1) is 12.1. The predicted molar refractivity (Wildman–Crippen MR) is 98.4 cm³/mol. The number of carbonyl (C=O) groups is 1. The summed E-state index contributed by atoms with van der Waals surface area (Å²) >= 11 is 5.85. The van der Waals surface area contributed by atoms with Crippen molar-refractivity contribution < 1.29 is 14.6 Å². The van der Waals surface area contributed by atoms with Crippen LogP contribution in [-0.2, 0) is 0 Å². The molecule has 1 heterocycles. The molecule has 1 aliphatic rings. The van der Waals surface area contributed by atoms with Crippen LogP contribution in [0.4, 0.5) is 10.5 Å². The Hall–Kier alpha value is -2.24. The van der Waals surface area contributed by atoms with Gasteiger partial charge in [0.1, 0.15) is 11.5 Å². The first-order valence-corrected chi connectivity index (χ1v) is 8.72. The number of carbonyl (C=O) groups excluding carboxylic acids is 1. The highest BCUT2D eigenvalue weighted by atomic mass is 35.5. The largest absolute Gasteiger partial charge is 0.457 e. The molecule has 6 heteroatoms. The van der Waals surface area contributed by atoms with Crippen molar-refractivity contribution in [3.63, 3.8) is 0 Å². The normalized spacial score (nSPS) is 17.2. The van der Waals surface area contributed by atoms with Crippen molar-refractivity contribution in [1.82, 2.24) is 4.90 Å². The van der Waals surface area contributed by atoms with E-state index in [0.29, 0.717) is 28.8 Å². The standard InChI is InChI=1S/C19H21ClN2O3/c20-15-3-7-17(8-4-15)25-18-9-5-16(6-10-18)21-19(24)22-11-1-2-14(12-22)13-23/h3-10,14,23H,1-2,11-13H2,(H,21,24)/t14-/m1/s1. The minimum Gasteiger partial charge on any atom is -0.457 e. The first kappa shape index (κ1) is 17.6. The second kappa shape index (κ2) is 8.23. The third kappa shape index (κ3) is 4.87. The first-order valence-electron chi connectivity index (χ1n) is 8.34. The summed E-state index contributed by atoms with van der Waals surface area (Å²) in [5, 5.41) is 12.8. The van der Waals surface area contributed by atoms with E-state index >= 15 is 0 Å². The van der Waals surface area contributed by atoms with Crippen LogP contribution < -0.4 is 10.1 Å². The van der Waals surface area contributed by atoms with Crippen LogP contribution in [0.1, 0.15) is 12.8 Å². The van der Waals surface area contributed by atoms with Crippen molar-refractivity contribution in [3.05, 3.63) is 53.6 Å². The van der Waals surface area contributed by atoms with Crippen LogP contribution in [-0.4, -0.2) is 35.7 Å². The summed E-state index contributed by atoms with van der Waals surface area (Å²) in [6.45, 7) is 1.45. The molecular formula is C19H21ClN2O3. The maximum Gasteiger partial charge on any atom is 0.321 e. The fourth-order valence-electron chi connectivity index (χ4n) is 2.85. The number of likely N-dealkylation sites (tertiary alicyclic amines) is 1. The Bertz CT molecular complexity index is 704. The van der Waals surface area contributed by atoms with E-state index in [2.05, 4.69) is 5.32 Å². The van der Waals surface area contributed by atoms with E-state index in [9.17, 15) is 9.90 Å². The Labute approximate surface area is 152 Å². The number of hydrogen-bond donors (Lipinski definition) is 2. The summed E-state index contributed by atoms with van der Waals surface area (Å²) in [7, 11) is 0. The number of aliphatic hydroxyl groups is 1. The molecule has 0 aliphatic carbocycles. The van der Waals surface area contributed by atoms with Crippen LogP contribution in [0, 0.1) is 5.92 Å². The van der Waals surface area contributed by atoms with E-state index in [1.165, 1.54) is 0 Å². The molecule has 0 unspecified atom stereocenters. The Morgan fingerprint density at radius 3 is 2.44 bits per heavy atom. The Balaban J connectivity index is 1.56. The number of benzene rings is 2. The molecular weight excluding hydrogens is 340 g/mol. The molecule has 2 N–H and O–H groups in total. The zero-order chi connectivity index (χ0) is 17.6. The summed E-state index contributed by atoms with van der Waals surface area (Å²) in [5.41, 5.74) is 0.708. The van der Waals surface area contributed by atoms with Crippen molar-refractivity contribution >= 4 is 23.3 Å². The molecule has 3 rings (SSSR count). The van der Waals surface area contributed by atoms with Gasteiger partial charge in [0.25, 0.3) is 0 Å².